The van der Waals surface area contributed by atoms with Gasteiger partial charge in [0.1, 0.15) is 17.9 Å². The van der Waals surface area contributed by atoms with E-state index in [-0.39, 0.29) is 0 Å². The van der Waals surface area contributed by atoms with Crippen molar-refractivity contribution in [2.45, 2.75) is 6.54 Å². The quantitative estimate of drug-likeness (QED) is 0.796. The third-order valence-corrected chi connectivity index (χ3v) is 2.62. The highest BCUT2D eigenvalue weighted by atomic mass is 16.5. The van der Waals surface area contributed by atoms with E-state index in [2.05, 4.69) is 15.3 Å². The lowest BCUT2D eigenvalue weighted by Crippen LogP contribution is -2.04. The number of ether oxygens (including phenoxy) is 2. The van der Waals surface area contributed by atoms with Gasteiger partial charge in [-0.3, -0.25) is 0 Å². The van der Waals surface area contributed by atoms with Gasteiger partial charge in [-0.05, 0) is 18.2 Å². The number of methoxy groups -OCH3 is 2. The highest BCUT2D eigenvalue weighted by Crippen LogP contribution is 2.22. The van der Waals surface area contributed by atoms with Crippen molar-refractivity contribution in [3.05, 3.63) is 36.2 Å². The predicted molar refractivity (Wildman–Crippen MR) is 73.3 cm³/mol. The van der Waals surface area contributed by atoms with E-state index < -0.39 is 0 Å². The monoisotopic (exact) mass is 260 g/mol. The van der Waals surface area contributed by atoms with Crippen molar-refractivity contribution in [2.24, 2.45) is 0 Å². The molecule has 1 aromatic heterocycles. The van der Waals surface area contributed by atoms with Crippen LogP contribution in [-0.4, -0.2) is 24.2 Å². The fraction of sp³-hybridized carbons (Fsp3) is 0.231. The minimum atomic E-state index is 0.511. The number of nitrogens with two attached hydrogens (primary N) is 1. The zero-order valence-electron chi connectivity index (χ0n) is 10.9. The molecular formula is C13H16N4O2. The zero-order chi connectivity index (χ0) is 13.7. The minimum Gasteiger partial charge on any atom is -0.496 e. The molecule has 19 heavy (non-hydrogen) atoms. The SMILES string of the molecule is COc1cc(NCc2cc(N)ccc2OC)ncn1. The standard InChI is InChI=1S/C13H16N4O2/c1-18-11-4-3-10(14)5-9(11)7-15-12-6-13(19-2)17-8-16-12/h3-6,8H,7,14H2,1-2H3,(H,15,16,17). The first kappa shape index (κ1) is 12.9. The Morgan fingerprint density at radius 2 is 2.00 bits per heavy atom. The maximum atomic E-state index is 5.77. The number of hydrogen-bond acceptors (Lipinski definition) is 6. The maximum absolute atomic E-state index is 5.77. The lowest BCUT2D eigenvalue weighted by molar-refractivity contribution is 0.397. The highest BCUT2D eigenvalue weighted by molar-refractivity contribution is 5.49. The van der Waals surface area contributed by atoms with Gasteiger partial charge in [-0.1, -0.05) is 0 Å². The molecular weight excluding hydrogens is 244 g/mol. The van der Waals surface area contributed by atoms with Crippen LogP contribution in [0.3, 0.4) is 0 Å². The van der Waals surface area contributed by atoms with Crippen LogP contribution in [0, 0.1) is 0 Å². The Labute approximate surface area is 111 Å². The van der Waals surface area contributed by atoms with Crippen molar-refractivity contribution in [1.29, 1.82) is 0 Å². The van der Waals surface area contributed by atoms with Crippen LogP contribution < -0.4 is 20.5 Å². The average molecular weight is 260 g/mol. The van der Waals surface area contributed by atoms with Gasteiger partial charge in [0.15, 0.2) is 0 Å². The molecule has 0 aliphatic carbocycles. The van der Waals surface area contributed by atoms with Gasteiger partial charge >= 0.3 is 0 Å². The van der Waals surface area contributed by atoms with Crippen LogP contribution in [0.5, 0.6) is 11.6 Å². The Hall–Kier alpha value is -2.50. The van der Waals surface area contributed by atoms with Gasteiger partial charge < -0.3 is 20.5 Å². The molecule has 1 heterocycles. The fourth-order valence-corrected chi connectivity index (χ4v) is 1.67. The molecule has 0 atom stereocenters. The summed E-state index contributed by atoms with van der Waals surface area (Å²) < 4.78 is 10.3. The number of nitrogens with one attached hydrogen (secondary N) is 1. The van der Waals surface area contributed by atoms with Crippen LogP contribution in [-0.2, 0) is 6.54 Å². The van der Waals surface area contributed by atoms with Crippen molar-refractivity contribution in [2.75, 3.05) is 25.3 Å². The molecule has 0 spiro atoms. The highest BCUT2D eigenvalue weighted by Gasteiger charge is 2.04. The number of benzene rings is 1. The molecule has 0 aliphatic rings. The second-order valence-corrected chi connectivity index (χ2v) is 3.87. The number of hydrogen-bond donors (Lipinski definition) is 2. The molecule has 100 valence electrons. The number of anilines is 2. The molecule has 6 nitrogen and oxygen atoms in total. The van der Waals surface area contributed by atoms with Crippen molar-refractivity contribution in [1.82, 2.24) is 9.97 Å². The van der Waals surface area contributed by atoms with Crippen molar-refractivity contribution >= 4 is 11.5 Å². The van der Waals surface area contributed by atoms with Crippen molar-refractivity contribution < 1.29 is 9.47 Å². The van der Waals surface area contributed by atoms with Crippen molar-refractivity contribution in [3.8, 4) is 11.6 Å². The molecule has 0 aliphatic heterocycles. The second kappa shape index (κ2) is 5.90. The number of aromatic nitrogens is 2. The van der Waals surface area contributed by atoms with E-state index in [9.17, 15) is 0 Å². The summed E-state index contributed by atoms with van der Waals surface area (Å²) in [5.74, 6) is 1.97. The van der Waals surface area contributed by atoms with E-state index in [4.69, 9.17) is 15.2 Å². The molecule has 1 aromatic carbocycles. The van der Waals surface area contributed by atoms with Gasteiger partial charge in [0.05, 0.1) is 14.2 Å². The molecule has 2 rings (SSSR count). The summed E-state index contributed by atoms with van der Waals surface area (Å²) in [6.07, 6.45) is 1.44. The maximum Gasteiger partial charge on any atom is 0.218 e. The Kier molecular flexibility index (Phi) is 4.02. The van der Waals surface area contributed by atoms with Crippen LogP contribution in [0.25, 0.3) is 0 Å². The summed E-state index contributed by atoms with van der Waals surface area (Å²) >= 11 is 0. The molecule has 0 radical (unpaired) electrons. The lowest BCUT2D eigenvalue weighted by atomic mass is 10.2. The van der Waals surface area contributed by atoms with E-state index in [1.165, 1.54) is 6.33 Å². The largest absolute Gasteiger partial charge is 0.496 e. The van der Waals surface area contributed by atoms with E-state index >= 15 is 0 Å². The number of rotatable bonds is 5. The molecule has 0 unspecified atom stereocenters. The van der Waals surface area contributed by atoms with Crippen LogP contribution in [0.15, 0.2) is 30.6 Å². The molecule has 3 N–H and O–H groups in total. The van der Waals surface area contributed by atoms with Gasteiger partial charge in [-0.25, -0.2) is 9.97 Å². The van der Waals surface area contributed by atoms with Gasteiger partial charge in [0.2, 0.25) is 5.88 Å². The Bertz CT molecular complexity index is 560. The topological polar surface area (TPSA) is 82.3 Å². The summed E-state index contributed by atoms with van der Waals surface area (Å²) in [5, 5.41) is 3.17. The summed E-state index contributed by atoms with van der Waals surface area (Å²) in [6.45, 7) is 0.550. The van der Waals surface area contributed by atoms with Gasteiger partial charge in [0, 0.05) is 23.9 Å². The molecule has 0 saturated heterocycles. The normalized spacial score (nSPS) is 10.0. The van der Waals surface area contributed by atoms with Crippen LogP contribution in [0.4, 0.5) is 11.5 Å². The van der Waals surface area contributed by atoms with Gasteiger partial charge in [-0.15, -0.1) is 0 Å². The Morgan fingerprint density at radius 1 is 1.16 bits per heavy atom. The van der Waals surface area contributed by atoms with E-state index in [1.54, 1.807) is 26.4 Å². The van der Waals surface area contributed by atoms with Crippen molar-refractivity contribution in [3.63, 3.8) is 0 Å². The summed E-state index contributed by atoms with van der Waals surface area (Å²) in [4.78, 5) is 8.05. The lowest BCUT2D eigenvalue weighted by Gasteiger charge is -2.11. The van der Waals surface area contributed by atoms with Crippen LogP contribution >= 0.6 is 0 Å². The molecule has 0 bridgehead atoms. The van der Waals surface area contributed by atoms with Crippen LogP contribution in [0.2, 0.25) is 0 Å². The second-order valence-electron chi connectivity index (χ2n) is 3.87. The first-order chi connectivity index (χ1) is 9.22. The Balaban J connectivity index is 2.11. The zero-order valence-corrected chi connectivity index (χ0v) is 10.9. The van der Waals surface area contributed by atoms with E-state index in [0.29, 0.717) is 23.9 Å². The summed E-state index contributed by atoms with van der Waals surface area (Å²) in [5.41, 5.74) is 7.42. The van der Waals surface area contributed by atoms with Gasteiger partial charge in [-0.2, -0.15) is 0 Å². The number of nitrogens with zero attached hydrogens (tertiary/aromatic N) is 2. The Morgan fingerprint density at radius 3 is 2.74 bits per heavy atom. The first-order valence-electron chi connectivity index (χ1n) is 5.75. The number of nitrogen functional groups attached to an aromatic ring is 1. The minimum absolute atomic E-state index is 0.511. The first-order valence-corrected chi connectivity index (χ1v) is 5.75. The van der Waals surface area contributed by atoms with Gasteiger partial charge in [0.25, 0.3) is 0 Å². The fourth-order valence-electron chi connectivity index (χ4n) is 1.67. The molecule has 6 heteroatoms. The molecule has 2 aromatic rings. The molecule has 0 saturated carbocycles. The van der Waals surface area contributed by atoms with E-state index in [1.807, 2.05) is 12.1 Å². The summed E-state index contributed by atoms with van der Waals surface area (Å²) in [6, 6.07) is 7.23. The predicted octanol–water partition coefficient (Wildman–Crippen LogP) is 1.69. The van der Waals surface area contributed by atoms with E-state index in [0.717, 1.165) is 11.3 Å². The average Bonchev–Trinajstić information content (AvgIpc) is 2.45. The van der Waals surface area contributed by atoms with Crippen LogP contribution in [0.1, 0.15) is 5.56 Å². The third kappa shape index (κ3) is 3.25. The molecule has 0 fully saturated rings. The third-order valence-electron chi connectivity index (χ3n) is 2.62. The molecule has 0 amide bonds. The smallest absolute Gasteiger partial charge is 0.218 e. The summed E-state index contributed by atoms with van der Waals surface area (Å²) in [7, 11) is 3.19.